The highest BCUT2D eigenvalue weighted by atomic mass is 79.9. The molecule has 3 N–H and O–H groups in total. The van der Waals surface area contributed by atoms with E-state index in [1.165, 1.54) is 0 Å². The van der Waals surface area contributed by atoms with Crippen molar-refractivity contribution in [3.8, 4) is 0 Å². The van der Waals surface area contributed by atoms with Gasteiger partial charge in [0.2, 0.25) is 5.92 Å². The third-order valence-electron chi connectivity index (χ3n) is 1.73. The van der Waals surface area contributed by atoms with E-state index in [1.807, 2.05) is 0 Å². The lowest BCUT2D eigenvalue weighted by Crippen LogP contribution is -2.36. The van der Waals surface area contributed by atoms with Crippen LogP contribution in [0, 0.1) is 0 Å². The van der Waals surface area contributed by atoms with Crippen molar-refractivity contribution in [3.05, 3.63) is 0 Å². The van der Waals surface area contributed by atoms with Crippen molar-refractivity contribution in [2.75, 3.05) is 0 Å². The van der Waals surface area contributed by atoms with Gasteiger partial charge in [-0.25, -0.2) is 8.78 Å². The summed E-state index contributed by atoms with van der Waals surface area (Å²) in [6.07, 6.45) is -0.00987. The second-order valence-electron chi connectivity index (χ2n) is 3.11. The fourth-order valence-corrected chi connectivity index (χ4v) is 0.947. The molecule has 0 aliphatic carbocycles. The van der Waals surface area contributed by atoms with Crippen LogP contribution in [-0.4, -0.2) is 23.0 Å². The second kappa shape index (κ2) is 7.11. The molecular weight excluding hydrogens is 260 g/mol. The van der Waals surface area contributed by atoms with Crippen molar-refractivity contribution in [2.45, 2.75) is 44.6 Å². The molecule has 0 aliphatic rings. The Bertz CT molecular complexity index is 179. The summed E-state index contributed by atoms with van der Waals surface area (Å²) in [4.78, 5) is 10.2. The van der Waals surface area contributed by atoms with E-state index >= 15 is 0 Å². The van der Waals surface area contributed by atoms with E-state index in [-0.39, 0.29) is 23.4 Å². The van der Waals surface area contributed by atoms with Crippen molar-refractivity contribution >= 4 is 23.0 Å². The monoisotopic (exact) mass is 275 g/mol. The van der Waals surface area contributed by atoms with Crippen LogP contribution < -0.4 is 5.73 Å². The fraction of sp³-hybridized carbons (Fsp3) is 0.875. The summed E-state index contributed by atoms with van der Waals surface area (Å²) in [5.41, 5.74) is 4.99. The highest BCUT2D eigenvalue weighted by molar-refractivity contribution is 8.93. The maximum absolute atomic E-state index is 12.9. The number of alkyl halides is 2. The average molecular weight is 276 g/mol. The van der Waals surface area contributed by atoms with Gasteiger partial charge in [0.05, 0.1) is 0 Å². The lowest BCUT2D eigenvalue weighted by molar-refractivity contribution is -0.141. The molecule has 0 saturated heterocycles. The number of carboxylic acids is 1. The van der Waals surface area contributed by atoms with Gasteiger partial charge in [-0.2, -0.15) is 0 Å². The maximum Gasteiger partial charge on any atom is 0.320 e. The van der Waals surface area contributed by atoms with Gasteiger partial charge < -0.3 is 10.8 Å². The molecule has 6 heteroatoms. The Labute approximate surface area is 92.4 Å². The van der Waals surface area contributed by atoms with Crippen LogP contribution in [0.5, 0.6) is 0 Å². The highest BCUT2D eigenvalue weighted by Crippen LogP contribution is 2.26. The molecule has 0 aromatic carbocycles. The number of carbonyl (C=O) groups is 1. The molecule has 1 unspecified atom stereocenters. The summed E-state index contributed by atoms with van der Waals surface area (Å²) in [6, 6.07) is -1.47. The SMILES string of the molecule is Br.CCCCC(F)(F)CC(N)C(=O)O. The van der Waals surface area contributed by atoms with Crippen LogP contribution >= 0.6 is 17.0 Å². The Kier molecular flexibility index (Phi) is 8.24. The number of hydrogen-bond donors (Lipinski definition) is 2. The summed E-state index contributed by atoms with van der Waals surface area (Å²) in [7, 11) is 0. The zero-order valence-electron chi connectivity index (χ0n) is 8.00. The molecule has 0 rings (SSSR count). The average Bonchev–Trinajstić information content (AvgIpc) is 2.00. The molecule has 0 spiro atoms. The molecule has 0 heterocycles. The van der Waals surface area contributed by atoms with Gasteiger partial charge in [0.25, 0.3) is 0 Å². The predicted octanol–water partition coefficient (Wildman–Crippen LogP) is 2.19. The van der Waals surface area contributed by atoms with E-state index in [1.54, 1.807) is 6.92 Å². The largest absolute Gasteiger partial charge is 0.480 e. The van der Waals surface area contributed by atoms with Crippen molar-refractivity contribution in [1.82, 2.24) is 0 Å². The van der Waals surface area contributed by atoms with Crippen LogP contribution in [0.15, 0.2) is 0 Å². The molecule has 0 amide bonds. The Balaban J connectivity index is 0. The minimum absolute atomic E-state index is 0. The number of carboxylic acid groups (broad SMARTS) is 1. The third kappa shape index (κ3) is 7.20. The van der Waals surface area contributed by atoms with E-state index in [9.17, 15) is 13.6 Å². The highest BCUT2D eigenvalue weighted by Gasteiger charge is 2.32. The van der Waals surface area contributed by atoms with Gasteiger partial charge in [-0.1, -0.05) is 13.3 Å². The number of rotatable bonds is 6. The Morgan fingerprint density at radius 1 is 1.57 bits per heavy atom. The topological polar surface area (TPSA) is 63.3 Å². The van der Waals surface area contributed by atoms with E-state index in [0.29, 0.717) is 12.8 Å². The Morgan fingerprint density at radius 2 is 2.07 bits per heavy atom. The van der Waals surface area contributed by atoms with Crippen LogP contribution in [0.1, 0.15) is 32.6 Å². The molecule has 0 aliphatic heterocycles. The fourth-order valence-electron chi connectivity index (χ4n) is 0.947. The van der Waals surface area contributed by atoms with E-state index in [2.05, 4.69) is 0 Å². The molecule has 14 heavy (non-hydrogen) atoms. The predicted molar refractivity (Wildman–Crippen MR) is 55.0 cm³/mol. The first-order chi connectivity index (χ1) is 5.89. The number of halogens is 3. The Morgan fingerprint density at radius 3 is 2.43 bits per heavy atom. The van der Waals surface area contributed by atoms with Gasteiger partial charge in [-0.3, -0.25) is 4.79 Å². The molecule has 1 atom stereocenters. The molecule has 0 aromatic heterocycles. The first kappa shape index (κ1) is 16.2. The van der Waals surface area contributed by atoms with Gasteiger partial charge >= 0.3 is 5.97 Å². The van der Waals surface area contributed by atoms with Crippen molar-refractivity contribution in [2.24, 2.45) is 5.73 Å². The number of nitrogens with two attached hydrogens (primary N) is 1. The van der Waals surface area contributed by atoms with Gasteiger partial charge in [0.15, 0.2) is 0 Å². The van der Waals surface area contributed by atoms with Crippen molar-refractivity contribution < 1.29 is 18.7 Å². The Hall–Kier alpha value is -0.230. The molecule has 3 nitrogen and oxygen atoms in total. The molecular formula is C8H16BrF2NO2. The standard InChI is InChI=1S/C8H15F2NO2.BrH/c1-2-3-4-8(9,10)5-6(11)7(12)13;/h6H,2-5,11H2,1H3,(H,12,13);1H. The molecule has 0 aromatic rings. The molecule has 0 bridgehead atoms. The number of unbranched alkanes of at least 4 members (excludes halogenated alkanes) is 1. The quantitative estimate of drug-likeness (QED) is 0.781. The second-order valence-corrected chi connectivity index (χ2v) is 3.11. The maximum atomic E-state index is 12.9. The normalized spacial score (nSPS) is 13.1. The summed E-state index contributed by atoms with van der Waals surface area (Å²) in [6.45, 7) is 1.80. The number of aliphatic carboxylic acids is 1. The molecule has 0 saturated carbocycles. The third-order valence-corrected chi connectivity index (χ3v) is 1.73. The van der Waals surface area contributed by atoms with Crippen LogP contribution in [0.2, 0.25) is 0 Å². The zero-order valence-corrected chi connectivity index (χ0v) is 9.72. The van der Waals surface area contributed by atoms with Gasteiger partial charge in [-0.05, 0) is 6.42 Å². The summed E-state index contributed by atoms with van der Waals surface area (Å²) >= 11 is 0. The van der Waals surface area contributed by atoms with Gasteiger partial charge in [-0.15, -0.1) is 17.0 Å². The van der Waals surface area contributed by atoms with Gasteiger partial charge in [0.1, 0.15) is 6.04 Å². The van der Waals surface area contributed by atoms with Crippen molar-refractivity contribution in [3.63, 3.8) is 0 Å². The van der Waals surface area contributed by atoms with Crippen LogP contribution in [0.25, 0.3) is 0 Å². The zero-order chi connectivity index (χ0) is 10.5. The van der Waals surface area contributed by atoms with Gasteiger partial charge in [0, 0.05) is 12.8 Å². The van der Waals surface area contributed by atoms with Crippen LogP contribution in [-0.2, 0) is 4.79 Å². The van der Waals surface area contributed by atoms with Crippen molar-refractivity contribution in [1.29, 1.82) is 0 Å². The van der Waals surface area contributed by atoms with Crippen LogP contribution in [0.4, 0.5) is 8.78 Å². The summed E-state index contributed by atoms with van der Waals surface area (Å²) < 4.78 is 25.8. The lowest BCUT2D eigenvalue weighted by atomic mass is 10.0. The molecule has 86 valence electrons. The van der Waals surface area contributed by atoms with E-state index < -0.39 is 24.4 Å². The minimum Gasteiger partial charge on any atom is -0.480 e. The van der Waals surface area contributed by atoms with E-state index in [0.717, 1.165) is 0 Å². The minimum atomic E-state index is -2.95. The summed E-state index contributed by atoms with van der Waals surface area (Å²) in [5, 5.41) is 8.31. The molecule has 0 fully saturated rings. The smallest absolute Gasteiger partial charge is 0.320 e. The summed E-state index contributed by atoms with van der Waals surface area (Å²) in [5.74, 6) is -4.33. The lowest BCUT2D eigenvalue weighted by Gasteiger charge is -2.17. The first-order valence-corrected chi connectivity index (χ1v) is 4.25. The van der Waals surface area contributed by atoms with Crippen LogP contribution in [0.3, 0.4) is 0 Å². The first-order valence-electron chi connectivity index (χ1n) is 4.25. The van der Waals surface area contributed by atoms with E-state index in [4.69, 9.17) is 10.8 Å². The number of hydrogen-bond acceptors (Lipinski definition) is 2. The molecule has 0 radical (unpaired) electrons.